The summed E-state index contributed by atoms with van der Waals surface area (Å²) in [6, 6.07) is 3.04. The number of aromatic nitrogens is 4. The molecular weight excluding hydrogens is 330 g/mol. The average molecular weight is 356 g/mol. The van der Waals surface area contributed by atoms with Crippen molar-refractivity contribution in [2.24, 2.45) is 7.05 Å². The summed E-state index contributed by atoms with van der Waals surface area (Å²) in [5, 5.41) is 5.47. The zero-order valence-electron chi connectivity index (χ0n) is 15.1. The van der Waals surface area contributed by atoms with E-state index in [4.69, 9.17) is 4.98 Å². The van der Waals surface area contributed by atoms with Crippen LogP contribution in [-0.4, -0.2) is 43.8 Å². The lowest BCUT2D eigenvalue weighted by atomic mass is 9.81. The molecule has 0 saturated heterocycles. The van der Waals surface area contributed by atoms with Crippen LogP contribution in [0.25, 0.3) is 22.2 Å². The maximum Gasteiger partial charge on any atom is 0.150 e. The van der Waals surface area contributed by atoms with Gasteiger partial charge in [0, 0.05) is 48.2 Å². The molecule has 0 aliphatic heterocycles. The minimum absolute atomic E-state index is 0.609. The van der Waals surface area contributed by atoms with Crippen molar-refractivity contribution in [2.75, 3.05) is 14.1 Å². The SMILES string of the molecule is CN(C)C1CCC(c2cnc3c(c2)c(-c2cnn(C)c2)cn3S)CC1. The van der Waals surface area contributed by atoms with Crippen molar-refractivity contribution in [2.45, 2.75) is 37.6 Å². The second-order valence-corrected chi connectivity index (χ2v) is 7.83. The first-order valence-corrected chi connectivity index (χ1v) is 9.28. The number of thiol groups is 1. The summed E-state index contributed by atoms with van der Waals surface area (Å²) in [5.41, 5.74) is 4.52. The molecule has 0 N–H and O–H groups in total. The molecule has 25 heavy (non-hydrogen) atoms. The van der Waals surface area contributed by atoms with Crippen LogP contribution in [0.4, 0.5) is 0 Å². The van der Waals surface area contributed by atoms with Gasteiger partial charge in [-0.3, -0.25) is 8.65 Å². The molecule has 0 amide bonds. The van der Waals surface area contributed by atoms with Crippen molar-refractivity contribution in [3.63, 3.8) is 0 Å². The summed E-state index contributed by atoms with van der Waals surface area (Å²) in [4.78, 5) is 7.07. The molecule has 132 valence electrons. The molecule has 0 aromatic carbocycles. The van der Waals surface area contributed by atoms with Gasteiger partial charge in [-0.1, -0.05) is 12.8 Å². The minimum atomic E-state index is 0.609. The van der Waals surface area contributed by atoms with Gasteiger partial charge in [-0.15, -0.1) is 0 Å². The van der Waals surface area contributed by atoms with E-state index in [1.54, 1.807) is 0 Å². The number of pyridine rings is 1. The van der Waals surface area contributed by atoms with Gasteiger partial charge >= 0.3 is 0 Å². The molecule has 0 bridgehead atoms. The largest absolute Gasteiger partial charge is 0.306 e. The third kappa shape index (κ3) is 3.09. The Morgan fingerprint density at radius 2 is 1.88 bits per heavy atom. The quantitative estimate of drug-likeness (QED) is 0.728. The van der Waals surface area contributed by atoms with Gasteiger partial charge in [0.2, 0.25) is 0 Å². The second kappa shape index (κ2) is 6.50. The number of fused-ring (bicyclic) bond motifs is 1. The Morgan fingerprint density at radius 1 is 1.12 bits per heavy atom. The fraction of sp³-hybridized carbons (Fsp3) is 0.474. The van der Waals surface area contributed by atoms with Crippen molar-refractivity contribution < 1.29 is 0 Å². The number of hydrogen-bond acceptors (Lipinski definition) is 4. The molecule has 1 fully saturated rings. The van der Waals surface area contributed by atoms with Gasteiger partial charge in [0.05, 0.1) is 6.20 Å². The Kier molecular flexibility index (Phi) is 4.33. The normalized spacial score (nSPS) is 21.3. The molecular formula is C19H25N5S. The Morgan fingerprint density at radius 3 is 2.52 bits per heavy atom. The highest BCUT2D eigenvalue weighted by atomic mass is 32.1. The number of aryl methyl sites for hydroxylation is 1. The first-order chi connectivity index (χ1) is 12.0. The van der Waals surface area contributed by atoms with Gasteiger partial charge in [0.1, 0.15) is 5.65 Å². The van der Waals surface area contributed by atoms with E-state index in [1.807, 2.05) is 40.5 Å². The molecule has 3 aromatic rings. The summed E-state index contributed by atoms with van der Waals surface area (Å²) in [6.45, 7) is 0. The van der Waals surface area contributed by atoms with Crippen molar-refractivity contribution >= 4 is 23.8 Å². The van der Waals surface area contributed by atoms with Crippen LogP contribution in [0.15, 0.2) is 30.9 Å². The van der Waals surface area contributed by atoms with Gasteiger partial charge in [-0.2, -0.15) is 5.10 Å². The summed E-state index contributed by atoms with van der Waals surface area (Å²) in [6.07, 6.45) is 13.0. The molecule has 1 saturated carbocycles. The van der Waals surface area contributed by atoms with Crippen molar-refractivity contribution in [3.8, 4) is 11.1 Å². The van der Waals surface area contributed by atoms with Crippen LogP contribution in [0.3, 0.4) is 0 Å². The number of hydrogen-bond donors (Lipinski definition) is 1. The van der Waals surface area contributed by atoms with Gasteiger partial charge in [0.15, 0.2) is 0 Å². The second-order valence-electron chi connectivity index (χ2n) is 7.40. The van der Waals surface area contributed by atoms with Crippen LogP contribution in [0.5, 0.6) is 0 Å². The number of nitrogens with zero attached hydrogens (tertiary/aromatic N) is 5. The first kappa shape index (κ1) is 16.7. The van der Waals surface area contributed by atoms with Crippen LogP contribution in [0.1, 0.15) is 37.2 Å². The highest BCUT2D eigenvalue weighted by Crippen LogP contribution is 2.37. The molecule has 1 aliphatic carbocycles. The van der Waals surface area contributed by atoms with Crippen molar-refractivity contribution in [1.29, 1.82) is 0 Å². The third-order valence-electron chi connectivity index (χ3n) is 5.56. The molecule has 3 aromatic heterocycles. The molecule has 4 rings (SSSR count). The fourth-order valence-corrected chi connectivity index (χ4v) is 4.32. The molecule has 6 heteroatoms. The summed E-state index contributed by atoms with van der Waals surface area (Å²) in [7, 11) is 6.32. The van der Waals surface area contributed by atoms with E-state index >= 15 is 0 Å². The number of rotatable bonds is 3. The van der Waals surface area contributed by atoms with Gasteiger partial charge in [-0.05, 0) is 57.3 Å². The molecule has 3 heterocycles. The predicted molar refractivity (Wildman–Crippen MR) is 105 cm³/mol. The first-order valence-electron chi connectivity index (χ1n) is 8.88. The zero-order valence-corrected chi connectivity index (χ0v) is 15.9. The Bertz CT molecular complexity index is 886. The van der Waals surface area contributed by atoms with Gasteiger partial charge in [0.25, 0.3) is 0 Å². The molecule has 5 nitrogen and oxygen atoms in total. The third-order valence-corrected chi connectivity index (χ3v) is 5.87. The molecule has 0 unspecified atom stereocenters. The van der Waals surface area contributed by atoms with E-state index in [0.29, 0.717) is 5.92 Å². The zero-order chi connectivity index (χ0) is 17.6. The average Bonchev–Trinajstić information content (AvgIpc) is 3.18. The smallest absolute Gasteiger partial charge is 0.150 e. The maximum absolute atomic E-state index is 4.71. The van der Waals surface area contributed by atoms with Crippen LogP contribution in [-0.2, 0) is 7.05 Å². The minimum Gasteiger partial charge on any atom is -0.306 e. The Labute approximate surface area is 154 Å². The summed E-state index contributed by atoms with van der Waals surface area (Å²) in [5.74, 6) is 0.609. The highest BCUT2D eigenvalue weighted by molar-refractivity contribution is 7.78. The van der Waals surface area contributed by atoms with Crippen LogP contribution in [0, 0.1) is 0 Å². The van der Waals surface area contributed by atoms with Crippen LogP contribution in [0.2, 0.25) is 0 Å². The molecule has 0 atom stereocenters. The van der Waals surface area contributed by atoms with Crippen LogP contribution >= 0.6 is 12.8 Å². The lowest BCUT2D eigenvalue weighted by Gasteiger charge is -2.32. The molecule has 0 spiro atoms. The lowest BCUT2D eigenvalue weighted by molar-refractivity contribution is 0.216. The van der Waals surface area contributed by atoms with E-state index in [-0.39, 0.29) is 0 Å². The van der Waals surface area contributed by atoms with Crippen LogP contribution < -0.4 is 0 Å². The van der Waals surface area contributed by atoms with E-state index in [0.717, 1.165) is 28.2 Å². The standard InChI is InChI=1S/C19H25N5S/c1-22(2)16-6-4-13(5-7-16)14-8-17-18(15-10-21-23(3)11-15)12-24(25)19(17)20-9-14/h8-13,16,25H,4-7H2,1-3H3. The maximum atomic E-state index is 4.71. The summed E-state index contributed by atoms with van der Waals surface area (Å²) >= 11 is 4.55. The highest BCUT2D eigenvalue weighted by Gasteiger charge is 2.24. The van der Waals surface area contributed by atoms with E-state index < -0.39 is 0 Å². The van der Waals surface area contributed by atoms with Gasteiger partial charge in [-0.25, -0.2) is 4.98 Å². The van der Waals surface area contributed by atoms with Crippen molar-refractivity contribution in [1.82, 2.24) is 23.6 Å². The van der Waals surface area contributed by atoms with E-state index in [2.05, 4.69) is 43.0 Å². The molecule has 1 aliphatic rings. The molecule has 0 radical (unpaired) electrons. The Balaban J connectivity index is 1.68. The predicted octanol–water partition coefficient (Wildman–Crippen LogP) is 3.72. The fourth-order valence-electron chi connectivity index (χ4n) is 4.05. The Hall–Kier alpha value is -1.79. The lowest BCUT2D eigenvalue weighted by Crippen LogP contribution is -2.31. The monoisotopic (exact) mass is 355 g/mol. The van der Waals surface area contributed by atoms with E-state index in [9.17, 15) is 0 Å². The summed E-state index contributed by atoms with van der Waals surface area (Å²) < 4.78 is 3.64. The topological polar surface area (TPSA) is 38.9 Å². The van der Waals surface area contributed by atoms with Crippen molar-refractivity contribution in [3.05, 3.63) is 36.4 Å². The van der Waals surface area contributed by atoms with E-state index in [1.165, 1.54) is 31.2 Å². The van der Waals surface area contributed by atoms with Gasteiger partial charge < -0.3 is 4.90 Å².